The first kappa shape index (κ1) is 15.9. The molecule has 1 amide bonds. The predicted octanol–water partition coefficient (Wildman–Crippen LogP) is 5.46. The van der Waals surface area contributed by atoms with Crippen molar-refractivity contribution in [2.24, 2.45) is 0 Å². The molecule has 0 radical (unpaired) electrons. The fourth-order valence-corrected chi connectivity index (χ4v) is 3.34. The van der Waals surface area contributed by atoms with Gasteiger partial charge < -0.3 is 5.32 Å². The Morgan fingerprint density at radius 2 is 1.52 bits per heavy atom. The summed E-state index contributed by atoms with van der Waals surface area (Å²) in [5, 5.41) is 3.58. The Kier molecular flexibility index (Phi) is 3.83. The summed E-state index contributed by atoms with van der Waals surface area (Å²) in [6, 6.07) is 17.4. The number of carbonyl (C=O) groups is 2. The Hall–Kier alpha value is -2.62. The summed E-state index contributed by atoms with van der Waals surface area (Å²) in [6.07, 6.45) is 0. The van der Waals surface area contributed by atoms with Crippen LogP contribution in [0.5, 0.6) is 0 Å². The molecule has 0 aliphatic heterocycles. The summed E-state index contributed by atoms with van der Waals surface area (Å²) in [4.78, 5) is 25.3. The zero-order chi connectivity index (χ0) is 17.6. The highest BCUT2D eigenvalue weighted by atomic mass is 35.5. The molecule has 0 atom stereocenters. The van der Waals surface area contributed by atoms with Gasteiger partial charge in [0.2, 0.25) is 0 Å². The van der Waals surface area contributed by atoms with Gasteiger partial charge in [-0.2, -0.15) is 0 Å². The second-order valence-corrected chi connectivity index (χ2v) is 6.50. The molecule has 1 N–H and O–H groups in total. The average molecular weight is 368 g/mol. The van der Waals surface area contributed by atoms with Crippen molar-refractivity contribution >= 4 is 40.6 Å². The monoisotopic (exact) mass is 367 g/mol. The molecule has 25 heavy (non-hydrogen) atoms. The molecule has 0 fully saturated rings. The maximum Gasteiger partial charge on any atom is 0.256 e. The van der Waals surface area contributed by atoms with Crippen LogP contribution in [0.2, 0.25) is 10.0 Å². The molecule has 0 saturated heterocycles. The maximum absolute atomic E-state index is 12.8. The van der Waals surface area contributed by atoms with E-state index in [9.17, 15) is 9.59 Å². The summed E-state index contributed by atoms with van der Waals surface area (Å²) in [7, 11) is 0. The number of benzene rings is 3. The van der Waals surface area contributed by atoms with Crippen LogP contribution in [-0.4, -0.2) is 11.7 Å². The lowest BCUT2D eigenvalue weighted by molar-refractivity contribution is 0.102. The van der Waals surface area contributed by atoms with E-state index in [2.05, 4.69) is 5.32 Å². The molecular formula is C20H11Cl2NO2. The number of halogens is 2. The van der Waals surface area contributed by atoms with Crippen LogP contribution in [0.4, 0.5) is 5.69 Å². The van der Waals surface area contributed by atoms with Crippen LogP contribution in [0.15, 0.2) is 60.7 Å². The van der Waals surface area contributed by atoms with E-state index in [1.165, 1.54) is 0 Å². The second-order valence-electron chi connectivity index (χ2n) is 5.69. The van der Waals surface area contributed by atoms with E-state index in [0.29, 0.717) is 38.0 Å². The number of rotatable bonds is 2. The molecule has 3 aromatic carbocycles. The smallest absolute Gasteiger partial charge is 0.256 e. The minimum Gasteiger partial charge on any atom is -0.322 e. The van der Waals surface area contributed by atoms with Crippen molar-refractivity contribution in [1.82, 2.24) is 0 Å². The first-order chi connectivity index (χ1) is 12.1. The van der Waals surface area contributed by atoms with Gasteiger partial charge in [-0.25, -0.2) is 0 Å². The van der Waals surface area contributed by atoms with Gasteiger partial charge >= 0.3 is 0 Å². The zero-order valence-corrected chi connectivity index (χ0v) is 14.4. The average Bonchev–Trinajstić information content (AvgIpc) is 2.91. The lowest BCUT2D eigenvalue weighted by Gasteiger charge is -2.10. The number of anilines is 1. The Morgan fingerprint density at radius 3 is 2.28 bits per heavy atom. The summed E-state index contributed by atoms with van der Waals surface area (Å²) >= 11 is 11.9. The van der Waals surface area contributed by atoms with E-state index in [4.69, 9.17) is 23.2 Å². The van der Waals surface area contributed by atoms with E-state index in [0.717, 1.165) is 5.56 Å². The van der Waals surface area contributed by atoms with Crippen molar-refractivity contribution in [3.8, 4) is 11.1 Å². The van der Waals surface area contributed by atoms with Gasteiger partial charge in [-0.15, -0.1) is 0 Å². The standard InChI is InChI=1S/C20H11Cl2NO2/c21-16-9-8-11(10-17(16)22)23-20(25)15-7-3-6-14-18(15)12-4-1-2-5-13(12)19(14)24/h1-10H,(H,23,25). The van der Waals surface area contributed by atoms with Crippen molar-refractivity contribution in [1.29, 1.82) is 0 Å². The second kappa shape index (κ2) is 6.03. The fourth-order valence-electron chi connectivity index (χ4n) is 3.04. The van der Waals surface area contributed by atoms with Gasteiger partial charge in [0, 0.05) is 27.9 Å². The van der Waals surface area contributed by atoms with Gasteiger partial charge in [0.15, 0.2) is 5.78 Å². The largest absolute Gasteiger partial charge is 0.322 e. The Balaban J connectivity index is 1.77. The number of ketones is 1. The quantitative estimate of drug-likeness (QED) is 0.511. The third kappa shape index (κ3) is 2.62. The van der Waals surface area contributed by atoms with Crippen molar-refractivity contribution in [2.45, 2.75) is 0 Å². The van der Waals surface area contributed by atoms with Crippen molar-refractivity contribution in [3.05, 3.63) is 87.4 Å². The van der Waals surface area contributed by atoms with E-state index < -0.39 is 0 Å². The molecule has 3 aromatic rings. The molecule has 122 valence electrons. The number of amides is 1. The SMILES string of the molecule is O=C(Nc1ccc(Cl)c(Cl)c1)c1cccc2c1-c1ccccc1C2=O. The van der Waals surface area contributed by atoms with Gasteiger partial charge in [0.05, 0.1) is 10.0 Å². The van der Waals surface area contributed by atoms with Crippen molar-refractivity contribution < 1.29 is 9.59 Å². The highest BCUT2D eigenvalue weighted by molar-refractivity contribution is 6.42. The molecule has 0 spiro atoms. The van der Waals surface area contributed by atoms with Gasteiger partial charge in [-0.1, -0.05) is 59.6 Å². The van der Waals surface area contributed by atoms with Crippen molar-refractivity contribution in [3.63, 3.8) is 0 Å². The van der Waals surface area contributed by atoms with Crippen LogP contribution in [0.25, 0.3) is 11.1 Å². The zero-order valence-electron chi connectivity index (χ0n) is 12.8. The third-order valence-corrected chi connectivity index (χ3v) is 4.91. The van der Waals surface area contributed by atoms with Crippen LogP contribution in [0.3, 0.4) is 0 Å². The molecule has 4 rings (SSSR count). The topological polar surface area (TPSA) is 46.2 Å². The molecule has 1 aliphatic rings. The molecule has 0 heterocycles. The highest BCUT2D eigenvalue weighted by Gasteiger charge is 2.30. The number of fused-ring (bicyclic) bond motifs is 3. The molecule has 0 bridgehead atoms. The van der Waals surface area contributed by atoms with E-state index in [-0.39, 0.29) is 11.7 Å². The summed E-state index contributed by atoms with van der Waals surface area (Å²) in [5.74, 6) is -0.366. The van der Waals surface area contributed by atoms with Crippen LogP contribution >= 0.6 is 23.2 Å². The van der Waals surface area contributed by atoms with Crippen LogP contribution in [-0.2, 0) is 0 Å². The molecule has 0 unspecified atom stereocenters. The molecule has 1 aliphatic carbocycles. The Bertz CT molecular complexity index is 1040. The first-order valence-corrected chi connectivity index (χ1v) is 8.35. The van der Waals surface area contributed by atoms with Gasteiger partial charge in [-0.05, 0) is 29.8 Å². The highest BCUT2D eigenvalue weighted by Crippen LogP contribution is 2.39. The number of carbonyl (C=O) groups excluding carboxylic acids is 2. The number of hydrogen-bond acceptors (Lipinski definition) is 2. The molecule has 0 aromatic heterocycles. The summed E-state index contributed by atoms with van der Waals surface area (Å²) in [5.41, 5.74) is 3.59. The lowest BCUT2D eigenvalue weighted by Crippen LogP contribution is -2.13. The van der Waals surface area contributed by atoms with E-state index in [1.54, 1.807) is 42.5 Å². The van der Waals surface area contributed by atoms with E-state index >= 15 is 0 Å². The molecule has 0 saturated carbocycles. The third-order valence-electron chi connectivity index (χ3n) is 4.17. The summed E-state index contributed by atoms with van der Waals surface area (Å²) < 4.78 is 0. The van der Waals surface area contributed by atoms with Crippen LogP contribution < -0.4 is 5.32 Å². The molecular weight excluding hydrogens is 357 g/mol. The normalized spacial score (nSPS) is 11.8. The Labute approximate surface area is 154 Å². The van der Waals surface area contributed by atoms with Gasteiger partial charge in [-0.3, -0.25) is 9.59 Å². The van der Waals surface area contributed by atoms with Crippen LogP contribution in [0, 0.1) is 0 Å². The minimum absolute atomic E-state index is 0.0604. The number of nitrogens with one attached hydrogen (secondary N) is 1. The minimum atomic E-state index is -0.306. The summed E-state index contributed by atoms with van der Waals surface area (Å²) in [6.45, 7) is 0. The number of hydrogen-bond donors (Lipinski definition) is 1. The van der Waals surface area contributed by atoms with Gasteiger partial charge in [0.25, 0.3) is 5.91 Å². The Morgan fingerprint density at radius 1 is 0.800 bits per heavy atom. The molecule has 3 nitrogen and oxygen atoms in total. The van der Waals surface area contributed by atoms with Crippen molar-refractivity contribution in [2.75, 3.05) is 5.32 Å². The predicted molar refractivity (Wildman–Crippen MR) is 99.7 cm³/mol. The first-order valence-electron chi connectivity index (χ1n) is 7.60. The van der Waals surface area contributed by atoms with Gasteiger partial charge in [0.1, 0.15) is 0 Å². The van der Waals surface area contributed by atoms with Crippen LogP contribution in [0.1, 0.15) is 26.3 Å². The fraction of sp³-hybridized carbons (Fsp3) is 0. The molecule has 5 heteroatoms. The maximum atomic E-state index is 12.8. The lowest BCUT2D eigenvalue weighted by atomic mass is 9.99. The van der Waals surface area contributed by atoms with E-state index in [1.807, 2.05) is 18.2 Å².